The summed E-state index contributed by atoms with van der Waals surface area (Å²) in [5.41, 5.74) is 2.82. The predicted octanol–water partition coefficient (Wildman–Crippen LogP) is 3.98. The second kappa shape index (κ2) is 8.86. The molecule has 0 bridgehead atoms. The van der Waals surface area contributed by atoms with Gasteiger partial charge in [-0.1, -0.05) is 46.7 Å². The number of rotatable bonds is 5. The molecule has 1 fully saturated rings. The maximum absolute atomic E-state index is 13.0. The van der Waals surface area contributed by atoms with Crippen molar-refractivity contribution in [1.82, 2.24) is 14.5 Å². The van der Waals surface area contributed by atoms with Crippen molar-refractivity contribution in [1.29, 1.82) is 0 Å². The van der Waals surface area contributed by atoms with E-state index in [-0.39, 0.29) is 16.8 Å². The van der Waals surface area contributed by atoms with Crippen molar-refractivity contribution in [3.63, 3.8) is 0 Å². The Morgan fingerprint density at radius 1 is 1.03 bits per heavy atom. The highest BCUT2D eigenvalue weighted by Gasteiger charge is 2.32. The molecule has 4 rings (SSSR count). The van der Waals surface area contributed by atoms with Gasteiger partial charge < -0.3 is 5.32 Å². The number of amides is 1. The average molecular weight is 457 g/mol. The lowest BCUT2D eigenvalue weighted by Crippen LogP contribution is -2.39. The van der Waals surface area contributed by atoms with Crippen LogP contribution in [-0.4, -0.2) is 41.9 Å². The van der Waals surface area contributed by atoms with Gasteiger partial charge in [0.05, 0.1) is 4.90 Å². The van der Waals surface area contributed by atoms with Crippen LogP contribution in [0.1, 0.15) is 44.7 Å². The average Bonchev–Trinajstić information content (AvgIpc) is 3.26. The van der Waals surface area contributed by atoms with E-state index in [1.807, 2.05) is 38.1 Å². The summed E-state index contributed by atoms with van der Waals surface area (Å²) in [6.07, 6.45) is 1.55. The zero-order valence-electron chi connectivity index (χ0n) is 17.4. The number of nitrogens with one attached hydrogen (secondary N) is 1. The molecule has 1 aliphatic heterocycles. The first-order chi connectivity index (χ1) is 14.8. The Kier molecular flexibility index (Phi) is 6.17. The first-order valence-electron chi connectivity index (χ1n) is 10.1. The molecule has 9 heteroatoms. The summed E-state index contributed by atoms with van der Waals surface area (Å²) in [6, 6.07) is 14.4. The molecule has 0 aliphatic carbocycles. The van der Waals surface area contributed by atoms with Crippen molar-refractivity contribution in [2.24, 2.45) is 0 Å². The quantitative estimate of drug-likeness (QED) is 0.627. The third kappa shape index (κ3) is 4.84. The van der Waals surface area contributed by atoms with Gasteiger partial charge in [0.1, 0.15) is 5.01 Å². The van der Waals surface area contributed by atoms with Gasteiger partial charge >= 0.3 is 0 Å². The minimum absolute atomic E-state index is 0.0765. The number of carbonyl (C=O) groups is 1. The zero-order valence-corrected chi connectivity index (χ0v) is 19.0. The summed E-state index contributed by atoms with van der Waals surface area (Å²) in [6.45, 7) is 4.72. The predicted molar refractivity (Wildman–Crippen MR) is 121 cm³/mol. The van der Waals surface area contributed by atoms with E-state index in [0.29, 0.717) is 28.7 Å². The lowest BCUT2D eigenvalue weighted by Gasteiger charge is -2.30. The van der Waals surface area contributed by atoms with E-state index in [4.69, 9.17) is 0 Å². The molecule has 2 heterocycles. The smallest absolute Gasteiger partial charge is 0.286 e. The number of hydrogen-bond acceptors (Lipinski definition) is 6. The summed E-state index contributed by atoms with van der Waals surface area (Å²) >= 11 is 1.22. The number of carbonyl (C=O) groups excluding carboxylic acids is 1. The molecule has 7 nitrogen and oxygen atoms in total. The first-order valence-corrected chi connectivity index (χ1v) is 12.4. The summed E-state index contributed by atoms with van der Waals surface area (Å²) in [5, 5.41) is 12.0. The number of benzene rings is 2. The van der Waals surface area contributed by atoms with Crippen LogP contribution in [0.2, 0.25) is 0 Å². The molecule has 0 saturated carbocycles. The van der Waals surface area contributed by atoms with Crippen LogP contribution in [0.3, 0.4) is 0 Å². The molecule has 31 heavy (non-hydrogen) atoms. The van der Waals surface area contributed by atoms with Gasteiger partial charge in [0.2, 0.25) is 15.0 Å². The molecule has 2 aromatic carbocycles. The molecule has 162 valence electrons. The molecule has 1 saturated heterocycles. The molecule has 1 N–H and O–H groups in total. The van der Waals surface area contributed by atoms with Gasteiger partial charge in [0.15, 0.2) is 0 Å². The van der Waals surface area contributed by atoms with E-state index in [2.05, 4.69) is 15.5 Å². The number of aryl methyl sites for hydroxylation is 2. The Morgan fingerprint density at radius 3 is 2.35 bits per heavy atom. The molecule has 0 radical (unpaired) electrons. The Bertz CT molecular complexity index is 1170. The molecule has 1 aromatic heterocycles. The summed E-state index contributed by atoms with van der Waals surface area (Å²) in [4.78, 5) is 12.8. The molecular weight excluding hydrogens is 432 g/mol. The van der Waals surface area contributed by atoms with Crippen LogP contribution in [0.5, 0.6) is 0 Å². The van der Waals surface area contributed by atoms with E-state index in [9.17, 15) is 13.2 Å². The molecule has 1 aliphatic rings. The van der Waals surface area contributed by atoms with Gasteiger partial charge in [-0.25, -0.2) is 8.42 Å². The van der Waals surface area contributed by atoms with Crippen molar-refractivity contribution in [2.45, 2.75) is 37.5 Å². The summed E-state index contributed by atoms with van der Waals surface area (Å²) in [5.74, 6) is -0.389. The van der Waals surface area contributed by atoms with Gasteiger partial charge in [0.25, 0.3) is 5.91 Å². The lowest BCUT2D eigenvalue weighted by atomic mass is 10.0. The number of hydrogen-bond donors (Lipinski definition) is 1. The highest BCUT2D eigenvalue weighted by Crippen LogP contribution is 2.32. The molecule has 1 amide bonds. The largest absolute Gasteiger partial charge is 0.320 e. The molecule has 3 aromatic rings. The van der Waals surface area contributed by atoms with Gasteiger partial charge in [-0.15, -0.1) is 10.2 Å². The minimum Gasteiger partial charge on any atom is -0.320 e. The maximum Gasteiger partial charge on any atom is 0.286 e. The van der Waals surface area contributed by atoms with Crippen LogP contribution in [0.4, 0.5) is 5.69 Å². The van der Waals surface area contributed by atoms with Gasteiger partial charge in [-0.05, 0) is 51.0 Å². The van der Waals surface area contributed by atoms with Gasteiger partial charge in [0, 0.05) is 24.7 Å². The summed E-state index contributed by atoms with van der Waals surface area (Å²) < 4.78 is 27.6. The topological polar surface area (TPSA) is 92.3 Å². The Morgan fingerprint density at radius 2 is 1.68 bits per heavy atom. The van der Waals surface area contributed by atoms with Crippen LogP contribution in [-0.2, 0) is 10.0 Å². The van der Waals surface area contributed by atoms with Crippen molar-refractivity contribution >= 4 is 33.0 Å². The van der Waals surface area contributed by atoms with E-state index in [1.54, 1.807) is 24.3 Å². The monoisotopic (exact) mass is 456 g/mol. The van der Waals surface area contributed by atoms with E-state index < -0.39 is 10.0 Å². The minimum atomic E-state index is -3.56. The second-order valence-corrected chi connectivity index (χ2v) is 10.7. The van der Waals surface area contributed by atoms with Crippen molar-refractivity contribution in [2.75, 3.05) is 18.4 Å². The van der Waals surface area contributed by atoms with Gasteiger partial charge in [-0.3, -0.25) is 4.79 Å². The second-order valence-electron chi connectivity index (χ2n) is 7.78. The number of aromatic nitrogens is 2. The number of sulfonamides is 1. The van der Waals surface area contributed by atoms with Crippen LogP contribution in [0.25, 0.3) is 0 Å². The number of anilines is 1. The van der Waals surface area contributed by atoms with Crippen molar-refractivity contribution in [3.8, 4) is 0 Å². The van der Waals surface area contributed by atoms with Crippen LogP contribution in [0, 0.1) is 13.8 Å². The van der Waals surface area contributed by atoms with Crippen LogP contribution >= 0.6 is 11.3 Å². The van der Waals surface area contributed by atoms with Crippen molar-refractivity contribution < 1.29 is 13.2 Å². The highest BCUT2D eigenvalue weighted by atomic mass is 32.2. The fraction of sp³-hybridized carbons (Fsp3) is 0.318. The van der Waals surface area contributed by atoms with E-state index in [1.165, 1.54) is 15.6 Å². The summed E-state index contributed by atoms with van der Waals surface area (Å²) in [7, 11) is -3.56. The van der Waals surface area contributed by atoms with E-state index in [0.717, 1.165) is 24.0 Å². The SMILES string of the molecule is Cc1ccc(NC(=O)c2nnc(C3CCCN(S(=O)(=O)c4ccc(C)cc4)C3)s2)cc1. The normalized spacial score (nSPS) is 17.4. The Balaban J connectivity index is 1.46. The lowest BCUT2D eigenvalue weighted by molar-refractivity contribution is 0.102. The zero-order chi connectivity index (χ0) is 22.0. The Labute approximate surface area is 186 Å². The molecule has 0 spiro atoms. The number of nitrogens with zero attached hydrogens (tertiary/aromatic N) is 3. The Hall–Kier alpha value is -2.62. The first kappa shape index (κ1) is 21.6. The molecular formula is C22H24N4O3S2. The van der Waals surface area contributed by atoms with Gasteiger partial charge in [-0.2, -0.15) is 4.31 Å². The third-order valence-electron chi connectivity index (χ3n) is 5.34. The standard InChI is InChI=1S/C22H24N4O3S2/c1-15-5-9-18(10-6-15)23-20(27)22-25-24-21(30-22)17-4-3-13-26(14-17)31(28,29)19-11-7-16(2)8-12-19/h5-12,17H,3-4,13-14H2,1-2H3,(H,23,27). The maximum atomic E-state index is 13.0. The number of piperidine rings is 1. The van der Waals surface area contributed by atoms with Crippen LogP contribution in [0.15, 0.2) is 53.4 Å². The van der Waals surface area contributed by atoms with Crippen LogP contribution < -0.4 is 5.32 Å². The fourth-order valence-electron chi connectivity index (χ4n) is 3.53. The highest BCUT2D eigenvalue weighted by molar-refractivity contribution is 7.89. The molecule has 1 atom stereocenters. The van der Waals surface area contributed by atoms with E-state index >= 15 is 0 Å². The fourth-order valence-corrected chi connectivity index (χ4v) is 5.92. The molecule has 1 unspecified atom stereocenters. The third-order valence-corrected chi connectivity index (χ3v) is 8.30. The van der Waals surface area contributed by atoms with Crippen molar-refractivity contribution in [3.05, 3.63) is 69.7 Å².